The van der Waals surface area contributed by atoms with Gasteiger partial charge in [0.1, 0.15) is 6.54 Å². The van der Waals surface area contributed by atoms with Crippen molar-refractivity contribution in [3.8, 4) is 0 Å². The summed E-state index contributed by atoms with van der Waals surface area (Å²) in [4.78, 5) is 29.5. The number of thioether (sulfide) groups is 1. The second kappa shape index (κ2) is 6.71. The molecule has 0 radical (unpaired) electrons. The number of carbonyl (C=O) groups excluding carboxylic acids is 2. The van der Waals surface area contributed by atoms with Crippen LogP contribution in [0.15, 0.2) is 29.2 Å². The first-order valence-electron chi connectivity index (χ1n) is 7.73. The van der Waals surface area contributed by atoms with Crippen LogP contribution in [0.25, 0.3) is 0 Å². The highest BCUT2D eigenvalue weighted by atomic mass is 35.5. The topological polar surface area (TPSA) is 52.7 Å². The molecule has 5 nitrogen and oxygen atoms in total. The fourth-order valence-corrected chi connectivity index (χ4v) is 4.56. The summed E-state index contributed by atoms with van der Waals surface area (Å²) in [6.07, 6.45) is 0. The van der Waals surface area contributed by atoms with Crippen LogP contribution in [0.1, 0.15) is 0 Å². The van der Waals surface area contributed by atoms with Crippen LogP contribution in [0.3, 0.4) is 0 Å². The normalized spacial score (nSPS) is 25.8. The number of nitrogens with zero attached hydrogens (tertiary/aromatic N) is 2. The molecule has 0 bridgehead atoms. The molecule has 1 N–H and O–H groups in total. The molecular formula is C16H20ClN3O2S. The first kappa shape index (κ1) is 16.6. The van der Waals surface area contributed by atoms with Crippen molar-refractivity contribution in [2.75, 3.05) is 43.4 Å². The number of likely N-dealkylation sites (tertiary alicyclic amines) is 1. The number of hydrogen-bond acceptors (Lipinski definition) is 4. The zero-order chi connectivity index (χ0) is 15.1. The minimum atomic E-state index is 0. The fourth-order valence-electron chi connectivity index (χ4n) is 3.62. The number of fused-ring (bicyclic) bond motifs is 2. The Hall–Kier alpha value is -1.24. The van der Waals surface area contributed by atoms with E-state index >= 15 is 0 Å². The van der Waals surface area contributed by atoms with Gasteiger partial charge < -0.3 is 15.1 Å². The lowest BCUT2D eigenvalue weighted by Crippen LogP contribution is -2.45. The summed E-state index contributed by atoms with van der Waals surface area (Å²) in [6.45, 7) is 3.85. The van der Waals surface area contributed by atoms with Crippen LogP contribution >= 0.6 is 24.2 Å². The molecule has 0 saturated carbocycles. The van der Waals surface area contributed by atoms with E-state index in [0.717, 1.165) is 36.8 Å². The van der Waals surface area contributed by atoms with Gasteiger partial charge in [0.2, 0.25) is 11.8 Å². The van der Waals surface area contributed by atoms with Crippen molar-refractivity contribution >= 4 is 41.7 Å². The molecule has 0 spiro atoms. The van der Waals surface area contributed by atoms with Gasteiger partial charge in [-0.2, -0.15) is 0 Å². The molecule has 3 heterocycles. The number of nitrogens with one attached hydrogen (secondary N) is 1. The molecule has 2 saturated heterocycles. The molecule has 1 aromatic carbocycles. The summed E-state index contributed by atoms with van der Waals surface area (Å²) in [5, 5.41) is 3.38. The molecule has 0 aromatic heterocycles. The lowest BCUT2D eigenvalue weighted by Gasteiger charge is -2.30. The van der Waals surface area contributed by atoms with Crippen molar-refractivity contribution in [1.29, 1.82) is 0 Å². The standard InChI is InChI=1S/C16H19N3O2S.ClH/c20-15(18-7-11-5-17-6-12(11)8-18)9-19-13-3-1-2-4-14(13)22-10-16(19)21;/h1-4,11-12,17H,5-10H2;1H/t11-,12+;. The van der Waals surface area contributed by atoms with E-state index in [1.807, 2.05) is 29.2 Å². The average Bonchev–Trinajstić information content (AvgIpc) is 3.11. The van der Waals surface area contributed by atoms with Crippen molar-refractivity contribution < 1.29 is 9.59 Å². The van der Waals surface area contributed by atoms with Gasteiger partial charge >= 0.3 is 0 Å². The van der Waals surface area contributed by atoms with Crippen LogP contribution in [0.2, 0.25) is 0 Å². The first-order valence-corrected chi connectivity index (χ1v) is 8.71. The van der Waals surface area contributed by atoms with Crippen LogP contribution in [0.4, 0.5) is 5.69 Å². The summed E-state index contributed by atoms with van der Waals surface area (Å²) in [7, 11) is 0. The van der Waals surface area contributed by atoms with E-state index in [1.54, 1.807) is 16.7 Å². The zero-order valence-electron chi connectivity index (χ0n) is 12.7. The predicted molar refractivity (Wildman–Crippen MR) is 93.2 cm³/mol. The fraction of sp³-hybridized carbons (Fsp3) is 0.500. The van der Waals surface area contributed by atoms with Gasteiger partial charge in [-0.3, -0.25) is 9.59 Å². The summed E-state index contributed by atoms with van der Waals surface area (Å²) < 4.78 is 0. The Bertz CT molecular complexity index is 615. The second-order valence-electron chi connectivity index (χ2n) is 6.21. The third kappa shape index (κ3) is 3.07. The number of carbonyl (C=O) groups is 2. The molecule has 23 heavy (non-hydrogen) atoms. The van der Waals surface area contributed by atoms with Crippen molar-refractivity contribution in [2.45, 2.75) is 4.90 Å². The highest BCUT2D eigenvalue weighted by Gasteiger charge is 2.39. The maximum atomic E-state index is 12.6. The summed E-state index contributed by atoms with van der Waals surface area (Å²) in [6, 6.07) is 7.82. The number of amides is 2. The van der Waals surface area contributed by atoms with Gasteiger partial charge in [0.25, 0.3) is 0 Å². The predicted octanol–water partition coefficient (Wildman–Crippen LogP) is 1.22. The lowest BCUT2D eigenvalue weighted by molar-refractivity contribution is -0.130. The first-order chi connectivity index (χ1) is 10.7. The number of halogens is 1. The Kier molecular flexibility index (Phi) is 4.85. The average molecular weight is 354 g/mol. The molecule has 3 aliphatic heterocycles. The Morgan fingerprint density at radius 1 is 1.22 bits per heavy atom. The monoisotopic (exact) mass is 353 g/mol. The molecule has 2 atom stereocenters. The van der Waals surface area contributed by atoms with E-state index in [-0.39, 0.29) is 30.8 Å². The maximum Gasteiger partial charge on any atom is 0.242 e. The molecule has 0 unspecified atom stereocenters. The number of benzene rings is 1. The van der Waals surface area contributed by atoms with Gasteiger partial charge in [0, 0.05) is 31.1 Å². The highest BCUT2D eigenvalue weighted by Crippen LogP contribution is 2.35. The van der Waals surface area contributed by atoms with Gasteiger partial charge in [-0.1, -0.05) is 12.1 Å². The summed E-state index contributed by atoms with van der Waals surface area (Å²) in [5.41, 5.74) is 0.873. The lowest BCUT2D eigenvalue weighted by atomic mass is 10.0. The van der Waals surface area contributed by atoms with Crippen LogP contribution in [0.5, 0.6) is 0 Å². The second-order valence-corrected chi connectivity index (χ2v) is 7.23. The quantitative estimate of drug-likeness (QED) is 0.868. The van der Waals surface area contributed by atoms with Crippen molar-refractivity contribution in [2.24, 2.45) is 11.8 Å². The van der Waals surface area contributed by atoms with Crippen molar-refractivity contribution in [3.05, 3.63) is 24.3 Å². The number of rotatable bonds is 2. The van der Waals surface area contributed by atoms with Crippen molar-refractivity contribution in [1.82, 2.24) is 10.2 Å². The number of anilines is 1. The molecule has 4 rings (SSSR count). The van der Waals surface area contributed by atoms with E-state index < -0.39 is 0 Å². The van der Waals surface area contributed by atoms with Crippen LogP contribution < -0.4 is 10.2 Å². The third-order valence-electron chi connectivity index (χ3n) is 4.84. The van der Waals surface area contributed by atoms with Gasteiger partial charge in [-0.05, 0) is 24.0 Å². The van der Waals surface area contributed by atoms with E-state index in [9.17, 15) is 9.59 Å². The number of para-hydroxylation sites is 1. The maximum absolute atomic E-state index is 12.6. The summed E-state index contributed by atoms with van der Waals surface area (Å²) >= 11 is 1.55. The van der Waals surface area contributed by atoms with Crippen LogP contribution in [-0.2, 0) is 9.59 Å². The Labute approximate surface area is 146 Å². The van der Waals surface area contributed by atoms with Crippen LogP contribution in [-0.4, -0.2) is 55.2 Å². The molecular weight excluding hydrogens is 334 g/mol. The van der Waals surface area contributed by atoms with Gasteiger partial charge in [-0.15, -0.1) is 24.2 Å². The molecule has 1 aromatic rings. The summed E-state index contributed by atoms with van der Waals surface area (Å²) in [5.74, 6) is 1.69. The van der Waals surface area contributed by atoms with E-state index in [1.165, 1.54) is 0 Å². The molecule has 2 amide bonds. The largest absolute Gasteiger partial charge is 0.340 e. The van der Waals surface area contributed by atoms with Gasteiger partial charge in [0.15, 0.2) is 0 Å². The Balaban J connectivity index is 0.00000156. The van der Waals surface area contributed by atoms with E-state index in [4.69, 9.17) is 0 Å². The Morgan fingerprint density at radius 2 is 1.91 bits per heavy atom. The minimum Gasteiger partial charge on any atom is -0.340 e. The molecule has 7 heteroatoms. The molecule has 124 valence electrons. The van der Waals surface area contributed by atoms with Gasteiger partial charge in [-0.25, -0.2) is 0 Å². The van der Waals surface area contributed by atoms with E-state index in [0.29, 0.717) is 17.6 Å². The highest BCUT2D eigenvalue weighted by molar-refractivity contribution is 8.00. The third-order valence-corrected chi connectivity index (χ3v) is 5.89. The van der Waals surface area contributed by atoms with Crippen LogP contribution in [0, 0.1) is 11.8 Å². The van der Waals surface area contributed by atoms with Crippen molar-refractivity contribution in [3.63, 3.8) is 0 Å². The zero-order valence-corrected chi connectivity index (χ0v) is 14.4. The SMILES string of the molecule is Cl.O=C(CN1C(=O)CSc2ccccc21)N1C[C@H]2CNC[C@H]2C1. The van der Waals surface area contributed by atoms with Gasteiger partial charge in [0.05, 0.1) is 11.4 Å². The minimum absolute atomic E-state index is 0. The van der Waals surface area contributed by atoms with E-state index in [2.05, 4.69) is 5.32 Å². The Morgan fingerprint density at radius 3 is 2.65 bits per heavy atom. The number of hydrogen-bond donors (Lipinski definition) is 1. The smallest absolute Gasteiger partial charge is 0.242 e. The molecule has 3 aliphatic rings. The molecule has 2 fully saturated rings. The molecule has 0 aliphatic carbocycles.